The Morgan fingerprint density at radius 1 is 1.33 bits per heavy atom. The first-order valence-electron chi connectivity index (χ1n) is 9.12. The van der Waals surface area contributed by atoms with Gasteiger partial charge in [0.1, 0.15) is 5.75 Å². The molecular weight excluding hydrogens is 304 g/mol. The van der Waals surface area contributed by atoms with Crippen LogP contribution in [0.1, 0.15) is 33.1 Å². The number of carbonyl (C=O) groups is 1. The topological polar surface area (TPSA) is 50.8 Å². The molecule has 0 aromatic heterocycles. The number of nitrogens with zero attached hydrogens (tertiary/aromatic N) is 1. The van der Waals surface area contributed by atoms with Crippen LogP contribution < -0.4 is 10.1 Å². The third kappa shape index (κ3) is 2.86. The molecule has 3 fully saturated rings. The van der Waals surface area contributed by atoms with Gasteiger partial charge in [0.15, 0.2) is 0 Å². The predicted molar refractivity (Wildman–Crippen MR) is 92.3 cm³/mol. The summed E-state index contributed by atoms with van der Waals surface area (Å²) < 4.78 is 11.8. The number of carbonyl (C=O) groups excluding carboxylic acids is 1. The highest BCUT2D eigenvalue weighted by Crippen LogP contribution is 2.47. The lowest BCUT2D eigenvalue weighted by Gasteiger charge is -2.20. The average Bonchev–Trinajstić information content (AvgIpc) is 3.27. The molecule has 0 spiro atoms. The van der Waals surface area contributed by atoms with Crippen molar-refractivity contribution in [2.45, 2.75) is 51.4 Å². The van der Waals surface area contributed by atoms with Gasteiger partial charge in [-0.15, -0.1) is 0 Å². The molecule has 0 radical (unpaired) electrons. The SMILES string of the molecule is CC[C@H](C)Oc1cccc(NC(=O)N2C[C@@H]3[C@H](C2)[C@H]2CC[C@H]3O2)c1. The summed E-state index contributed by atoms with van der Waals surface area (Å²) in [5.41, 5.74) is 0.789. The van der Waals surface area contributed by atoms with Gasteiger partial charge in [-0.25, -0.2) is 4.79 Å². The fraction of sp³-hybridized carbons (Fsp3) is 0.632. The first kappa shape index (κ1) is 15.8. The smallest absolute Gasteiger partial charge is 0.321 e. The van der Waals surface area contributed by atoms with E-state index in [-0.39, 0.29) is 12.1 Å². The number of rotatable bonds is 4. The maximum atomic E-state index is 12.6. The Morgan fingerprint density at radius 2 is 2.04 bits per heavy atom. The fourth-order valence-corrected chi connectivity index (χ4v) is 4.29. The van der Waals surface area contributed by atoms with E-state index in [2.05, 4.69) is 12.2 Å². The summed E-state index contributed by atoms with van der Waals surface area (Å²) in [6.07, 6.45) is 4.21. The molecule has 1 N–H and O–H groups in total. The number of ether oxygens (including phenoxy) is 2. The molecule has 1 aromatic carbocycles. The molecule has 3 heterocycles. The standard InChI is InChI=1S/C19H26N2O3/c1-3-12(2)23-14-6-4-5-13(9-14)20-19(22)21-10-15-16(11-21)18-8-7-17(15)24-18/h4-6,9,12,15-18H,3,7-8,10-11H2,1-2H3,(H,20,22)/t12-,15-,16+,17+,18+/m0/s1. The Kier molecular flexibility index (Phi) is 4.12. The van der Waals surface area contributed by atoms with Crippen molar-refractivity contribution in [2.24, 2.45) is 11.8 Å². The van der Waals surface area contributed by atoms with Crippen LogP contribution in [0.15, 0.2) is 24.3 Å². The molecule has 2 bridgehead atoms. The van der Waals surface area contributed by atoms with Crippen LogP contribution in [0.4, 0.5) is 10.5 Å². The molecule has 24 heavy (non-hydrogen) atoms. The molecule has 0 aliphatic carbocycles. The molecule has 0 saturated carbocycles. The molecule has 5 atom stereocenters. The Labute approximate surface area is 143 Å². The highest BCUT2D eigenvalue weighted by Gasteiger charge is 2.53. The Morgan fingerprint density at radius 3 is 2.71 bits per heavy atom. The van der Waals surface area contributed by atoms with Crippen molar-refractivity contribution < 1.29 is 14.3 Å². The third-order valence-electron chi connectivity index (χ3n) is 5.74. The molecule has 130 valence electrons. The highest BCUT2D eigenvalue weighted by atomic mass is 16.5. The summed E-state index contributed by atoms with van der Waals surface area (Å²) in [5, 5.41) is 3.02. The molecule has 3 aliphatic heterocycles. The summed E-state index contributed by atoms with van der Waals surface area (Å²) in [7, 11) is 0. The highest BCUT2D eigenvalue weighted by molar-refractivity contribution is 5.89. The zero-order valence-electron chi connectivity index (χ0n) is 14.4. The van der Waals surface area contributed by atoms with E-state index in [0.717, 1.165) is 43.8 Å². The molecule has 3 saturated heterocycles. The predicted octanol–water partition coefficient (Wildman–Crippen LogP) is 3.51. The lowest BCUT2D eigenvalue weighted by Crippen LogP contribution is -2.35. The van der Waals surface area contributed by atoms with Crippen LogP contribution >= 0.6 is 0 Å². The van der Waals surface area contributed by atoms with E-state index in [1.807, 2.05) is 36.1 Å². The van der Waals surface area contributed by atoms with Crippen molar-refractivity contribution in [3.8, 4) is 5.75 Å². The number of likely N-dealkylation sites (tertiary alicyclic amines) is 1. The van der Waals surface area contributed by atoms with Gasteiger partial charge in [-0.2, -0.15) is 0 Å². The van der Waals surface area contributed by atoms with E-state index in [9.17, 15) is 4.79 Å². The summed E-state index contributed by atoms with van der Waals surface area (Å²) >= 11 is 0. The van der Waals surface area contributed by atoms with Crippen LogP contribution in [0, 0.1) is 11.8 Å². The van der Waals surface area contributed by atoms with E-state index >= 15 is 0 Å². The molecule has 1 aromatic rings. The summed E-state index contributed by atoms with van der Waals surface area (Å²) in [5.74, 6) is 1.87. The van der Waals surface area contributed by atoms with Crippen LogP contribution in [0.2, 0.25) is 0 Å². The van der Waals surface area contributed by atoms with Crippen molar-refractivity contribution in [1.29, 1.82) is 0 Å². The Hall–Kier alpha value is -1.75. The van der Waals surface area contributed by atoms with Gasteiger partial charge in [0.25, 0.3) is 0 Å². The summed E-state index contributed by atoms with van der Waals surface area (Å²) in [6, 6.07) is 7.64. The van der Waals surface area contributed by atoms with Crippen LogP contribution in [0.3, 0.4) is 0 Å². The summed E-state index contributed by atoms with van der Waals surface area (Å²) in [4.78, 5) is 14.6. The van der Waals surface area contributed by atoms with Gasteiger partial charge in [-0.05, 0) is 38.3 Å². The second-order valence-electron chi connectivity index (χ2n) is 7.32. The van der Waals surface area contributed by atoms with E-state index in [1.165, 1.54) is 0 Å². The first-order valence-corrected chi connectivity index (χ1v) is 9.12. The molecule has 5 heteroatoms. The maximum absolute atomic E-state index is 12.6. The van der Waals surface area contributed by atoms with Crippen molar-refractivity contribution in [3.63, 3.8) is 0 Å². The van der Waals surface area contributed by atoms with Gasteiger partial charge >= 0.3 is 6.03 Å². The van der Waals surface area contributed by atoms with E-state index in [0.29, 0.717) is 24.0 Å². The monoisotopic (exact) mass is 330 g/mol. The van der Waals surface area contributed by atoms with Crippen molar-refractivity contribution in [1.82, 2.24) is 4.90 Å². The van der Waals surface area contributed by atoms with Gasteiger partial charge in [0, 0.05) is 36.7 Å². The largest absolute Gasteiger partial charge is 0.491 e. The van der Waals surface area contributed by atoms with Crippen LogP contribution in [0.5, 0.6) is 5.75 Å². The minimum absolute atomic E-state index is 0.00973. The van der Waals surface area contributed by atoms with Crippen LogP contribution in [-0.4, -0.2) is 42.3 Å². The van der Waals surface area contributed by atoms with Crippen LogP contribution in [0.25, 0.3) is 0 Å². The zero-order valence-corrected chi connectivity index (χ0v) is 14.4. The van der Waals surface area contributed by atoms with E-state index in [1.54, 1.807) is 0 Å². The van der Waals surface area contributed by atoms with Crippen molar-refractivity contribution in [3.05, 3.63) is 24.3 Å². The third-order valence-corrected chi connectivity index (χ3v) is 5.74. The number of nitrogens with one attached hydrogen (secondary N) is 1. The minimum atomic E-state index is -0.00973. The number of amides is 2. The van der Waals surface area contributed by atoms with Crippen molar-refractivity contribution >= 4 is 11.7 Å². The Balaban J connectivity index is 1.37. The number of fused-ring (bicyclic) bond motifs is 5. The molecule has 0 unspecified atom stereocenters. The molecule has 2 amide bonds. The van der Waals surface area contributed by atoms with Gasteiger partial charge < -0.3 is 19.7 Å². The van der Waals surface area contributed by atoms with Crippen LogP contribution in [-0.2, 0) is 4.74 Å². The Bertz CT molecular complexity index is 602. The summed E-state index contributed by atoms with van der Waals surface area (Å²) in [6.45, 7) is 5.78. The molecule has 4 rings (SSSR count). The van der Waals surface area contributed by atoms with Gasteiger partial charge in [0.2, 0.25) is 0 Å². The number of hydrogen-bond donors (Lipinski definition) is 1. The van der Waals surface area contributed by atoms with Gasteiger partial charge in [-0.3, -0.25) is 0 Å². The fourth-order valence-electron chi connectivity index (χ4n) is 4.29. The van der Waals surface area contributed by atoms with E-state index in [4.69, 9.17) is 9.47 Å². The number of urea groups is 1. The first-order chi connectivity index (χ1) is 11.6. The second-order valence-corrected chi connectivity index (χ2v) is 7.32. The second kappa shape index (κ2) is 6.28. The van der Waals surface area contributed by atoms with Gasteiger partial charge in [-0.1, -0.05) is 13.0 Å². The normalized spacial score (nSPS) is 31.8. The minimum Gasteiger partial charge on any atom is -0.491 e. The number of hydrogen-bond acceptors (Lipinski definition) is 3. The lowest BCUT2D eigenvalue weighted by molar-refractivity contribution is 0.0747. The zero-order chi connectivity index (χ0) is 16.7. The lowest BCUT2D eigenvalue weighted by atomic mass is 9.82. The number of anilines is 1. The average molecular weight is 330 g/mol. The maximum Gasteiger partial charge on any atom is 0.321 e. The van der Waals surface area contributed by atoms with Crippen molar-refractivity contribution in [2.75, 3.05) is 18.4 Å². The molecule has 3 aliphatic rings. The molecular formula is C19H26N2O3. The molecule has 5 nitrogen and oxygen atoms in total. The number of benzene rings is 1. The quantitative estimate of drug-likeness (QED) is 0.919. The van der Waals surface area contributed by atoms with Gasteiger partial charge in [0.05, 0.1) is 18.3 Å². The van der Waals surface area contributed by atoms with E-state index < -0.39 is 0 Å².